The molecule has 3 heterocycles. The van der Waals surface area contributed by atoms with Crippen molar-refractivity contribution in [3.05, 3.63) is 96.2 Å². The van der Waals surface area contributed by atoms with Gasteiger partial charge >= 0.3 is 6.03 Å². The second kappa shape index (κ2) is 18.5. The van der Waals surface area contributed by atoms with Crippen LogP contribution in [0, 0.1) is 0 Å². The summed E-state index contributed by atoms with van der Waals surface area (Å²) in [7, 11) is 0. The quantitative estimate of drug-likeness (QED) is 0.0338. The van der Waals surface area contributed by atoms with Crippen molar-refractivity contribution in [3.8, 4) is 5.75 Å². The molecule has 15 heteroatoms. The minimum absolute atomic E-state index is 0.0668. The van der Waals surface area contributed by atoms with E-state index in [2.05, 4.69) is 31.6 Å². The Morgan fingerprint density at radius 2 is 1.56 bits per heavy atom. The van der Waals surface area contributed by atoms with Crippen molar-refractivity contribution in [1.29, 1.82) is 0 Å². The fourth-order valence-corrected chi connectivity index (χ4v) is 6.27. The molecule has 4 aromatic rings. The second-order valence-electron chi connectivity index (χ2n) is 13.1. The van der Waals surface area contributed by atoms with Gasteiger partial charge < -0.3 is 35.7 Å². The van der Waals surface area contributed by atoms with Crippen LogP contribution in [0.3, 0.4) is 0 Å². The van der Waals surface area contributed by atoms with Crippen LogP contribution < -0.4 is 31.3 Å². The summed E-state index contributed by atoms with van der Waals surface area (Å²) >= 11 is 0. The van der Waals surface area contributed by atoms with E-state index in [1.807, 2.05) is 42.6 Å². The third-order valence-corrected chi connectivity index (χ3v) is 9.12. The Bertz CT molecular complexity index is 2080. The van der Waals surface area contributed by atoms with E-state index in [1.54, 1.807) is 24.3 Å². The minimum Gasteiger partial charge on any atom is -0.494 e. The van der Waals surface area contributed by atoms with Crippen LogP contribution in [0.5, 0.6) is 5.75 Å². The topological polar surface area (TPSA) is 200 Å². The van der Waals surface area contributed by atoms with Crippen molar-refractivity contribution in [2.45, 2.75) is 51.0 Å². The van der Waals surface area contributed by atoms with E-state index in [1.165, 1.54) is 18.2 Å². The molecule has 55 heavy (non-hydrogen) atoms. The predicted molar refractivity (Wildman–Crippen MR) is 206 cm³/mol. The lowest BCUT2D eigenvalue weighted by molar-refractivity contribution is -0.136. The maximum atomic E-state index is 13.0. The molecule has 6 rings (SSSR count). The maximum Gasteiger partial charge on any atom is 0.323 e. The van der Waals surface area contributed by atoms with Crippen LogP contribution in [0.25, 0.3) is 10.9 Å². The predicted octanol–water partition coefficient (Wildman–Crippen LogP) is 5.30. The molecule has 2 aliphatic rings. The number of hydrogen-bond donors (Lipinski definition) is 6. The average molecular weight is 750 g/mol. The molecule has 0 radical (unpaired) electrons. The number of H-pyrrole nitrogens is 1. The van der Waals surface area contributed by atoms with E-state index in [0.717, 1.165) is 53.6 Å². The van der Waals surface area contributed by atoms with Crippen molar-refractivity contribution in [2.75, 3.05) is 42.4 Å². The summed E-state index contributed by atoms with van der Waals surface area (Å²) in [5, 5.41) is 14.8. The lowest BCUT2D eigenvalue weighted by Crippen LogP contribution is -2.54. The molecule has 1 aromatic heterocycles. The Balaban J connectivity index is 0.765. The number of benzene rings is 3. The fourth-order valence-electron chi connectivity index (χ4n) is 6.27. The zero-order valence-corrected chi connectivity index (χ0v) is 30.2. The van der Waals surface area contributed by atoms with Gasteiger partial charge in [0.15, 0.2) is 0 Å². The number of hydrogen-bond acceptors (Lipinski definition) is 9. The first-order valence-electron chi connectivity index (χ1n) is 18.2. The number of aromatic amines is 1. The number of urea groups is 1. The highest BCUT2D eigenvalue weighted by atomic mass is 16.5. The molecule has 6 N–H and O–H groups in total. The van der Waals surface area contributed by atoms with Crippen LogP contribution in [0.1, 0.15) is 65.7 Å². The van der Waals surface area contributed by atoms with Crippen LogP contribution >= 0.6 is 0 Å². The Kier molecular flexibility index (Phi) is 12.9. The first kappa shape index (κ1) is 38.3. The van der Waals surface area contributed by atoms with Gasteiger partial charge in [0.1, 0.15) is 18.5 Å². The van der Waals surface area contributed by atoms with E-state index in [9.17, 15) is 28.8 Å². The van der Waals surface area contributed by atoms with Crippen LogP contribution in [0.2, 0.25) is 0 Å². The number of piperidine rings is 1. The summed E-state index contributed by atoms with van der Waals surface area (Å²) in [6.07, 6.45) is 9.60. The average Bonchev–Trinajstić information content (AvgIpc) is 3.74. The molecule has 1 saturated heterocycles. The SMILES string of the molecule is O=C(/C=C/COCNc1ccc(NC(=O)Nc2ccc3[nH]ccc3c2)cc1)NCCCCCCCOc1ccc2c(c1)C(=O)N(C1CCC(=O)NC1=O)C2=O. The molecule has 2 aliphatic heterocycles. The summed E-state index contributed by atoms with van der Waals surface area (Å²) in [6, 6.07) is 18.1. The number of nitrogens with one attached hydrogen (secondary N) is 6. The molecular weight excluding hydrogens is 706 g/mol. The zero-order valence-electron chi connectivity index (χ0n) is 30.2. The number of rotatable bonds is 18. The third-order valence-electron chi connectivity index (χ3n) is 9.12. The maximum absolute atomic E-state index is 13.0. The van der Waals surface area contributed by atoms with Crippen LogP contribution in [0.15, 0.2) is 85.1 Å². The van der Waals surface area contributed by atoms with Crippen LogP contribution in [-0.4, -0.2) is 78.0 Å². The second-order valence-corrected chi connectivity index (χ2v) is 13.1. The minimum atomic E-state index is -1.00. The smallest absolute Gasteiger partial charge is 0.323 e. The Hall–Kier alpha value is -6.48. The van der Waals surface area contributed by atoms with Gasteiger partial charge in [0.2, 0.25) is 17.7 Å². The van der Waals surface area contributed by atoms with E-state index in [0.29, 0.717) is 30.3 Å². The number of nitrogens with zero attached hydrogens (tertiary/aromatic N) is 1. The molecule has 0 bridgehead atoms. The Labute approximate surface area is 317 Å². The number of imide groups is 2. The molecule has 0 aliphatic carbocycles. The Morgan fingerprint density at radius 3 is 2.40 bits per heavy atom. The van der Waals surface area contributed by atoms with E-state index in [4.69, 9.17) is 9.47 Å². The number of ether oxygens (including phenoxy) is 2. The number of unbranched alkanes of at least 4 members (excludes halogenated alkanes) is 4. The van der Waals surface area contributed by atoms with Crippen LogP contribution in [0.4, 0.5) is 21.9 Å². The van der Waals surface area contributed by atoms with Crippen molar-refractivity contribution in [3.63, 3.8) is 0 Å². The molecule has 1 unspecified atom stereocenters. The number of carbonyl (C=O) groups is 6. The summed E-state index contributed by atoms with van der Waals surface area (Å²) in [5.41, 5.74) is 3.55. The summed E-state index contributed by atoms with van der Waals surface area (Å²) < 4.78 is 11.3. The number of amides is 7. The van der Waals surface area contributed by atoms with E-state index < -0.39 is 29.7 Å². The number of anilines is 3. The first-order valence-corrected chi connectivity index (χ1v) is 18.2. The van der Waals surface area contributed by atoms with Gasteiger partial charge in [0, 0.05) is 53.2 Å². The largest absolute Gasteiger partial charge is 0.494 e. The summed E-state index contributed by atoms with van der Waals surface area (Å²) in [4.78, 5) is 78.1. The van der Waals surface area contributed by atoms with Gasteiger partial charge in [0.05, 0.1) is 24.3 Å². The van der Waals surface area contributed by atoms with Gasteiger partial charge in [0.25, 0.3) is 11.8 Å². The van der Waals surface area contributed by atoms with Crippen molar-refractivity contribution < 1.29 is 38.2 Å². The highest BCUT2D eigenvalue weighted by Crippen LogP contribution is 2.30. The highest BCUT2D eigenvalue weighted by Gasteiger charge is 2.44. The third kappa shape index (κ3) is 10.4. The van der Waals surface area contributed by atoms with E-state index >= 15 is 0 Å². The van der Waals surface area contributed by atoms with E-state index in [-0.39, 0.29) is 49.2 Å². The van der Waals surface area contributed by atoms with Gasteiger partial charge in [-0.2, -0.15) is 0 Å². The number of fused-ring (bicyclic) bond motifs is 2. The number of carbonyl (C=O) groups excluding carboxylic acids is 6. The monoisotopic (exact) mass is 749 g/mol. The van der Waals surface area contributed by atoms with Gasteiger partial charge in [-0.15, -0.1) is 0 Å². The molecule has 0 spiro atoms. The molecule has 7 amide bonds. The fraction of sp³-hybridized carbons (Fsp3) is 0.300. The lowest BCUT2D eigenvalue weighted by Gasteiger charge is -2.27. The standard InChI is InChI=1S/C40H43N7O8/c48-35(7-6-21-54-25-43-27-8-10-28(11-9-27)44-40(53)45-29-12-15-33-26(23-29)18-20-41-33)42-19-4-2-1-3-5-22-55-30-13-14-31-32(24-30)39(52)47(38(31)51)34-16-17-36(49)46-37(34)50/h6-15,18,20,23-24,34,41,43H,1-5,16-17,19,21-22,25H2,(H,42,48)(H2,44,45,53)(H,46,49,50)/b7-6+. The zero-order chi connectivity index (χ0) is 38.6. The molecule has 15 nitrogen and oxygen atoms in total. The summed E-state index contributed by atoms with van der Waals surface area (Å²) in [6.45, 7) is 1.51. The molecule has 286 valence electrons. The number of aromatic nitrogens is 1. The van der Waals surface area contributed by atoms with Crippen molar-refractivity contribution in [2.24, 2.45) is 0 Å². The summed E-state index contributed by atoms with van der Waals surface area (Å²) in [5.74, 6) is -1.89. The van der Waals surface area contributed by atoms with Crippen molar-refractivity contribution in [1.82, 2.24) is 20.5 Å². The van der Waals surface area contributed by atoms with Crippen LogP contribution in [-0.2, 0) is 19.1 Å². The lowest BCUT2D eigenvalue weighted by atomic mass is 10.0. The molecule has 0 saturated carbocycles. The Morgan fingerprint density at radius 1 is 0.818 bits per heavy atom. The highest BCUT2D eigenvalue weighted by molar-refractivity contribution is 6.23. The van der Waals surface area contributed by atoms with Gasteiger partial charge in [-0.3, -0.25) is 34.2 Å². The molecular formula is C40H43N7O8. The van der Waals surface area contributed by atoms with Gasteiger partial charge in [-0.05, 0) is 86.0 Å². The van der Waals surface area contributed by atoms with Gasteiger partial charge in [-0.1, -0.05) is 25.3 Å². The first-order chi connectivity index (χ1) is 26.7. The molecule has 1 atom stereocenters. The molecule has 3 aromatic carbocycles. The normalized spacial score (nSPS) is 15.3. The van der Waals surface area contributed by atoms with Crippen molar-refractivity contribution >= 4 is 63.5 Å². The van der Waals surface area contributed by atoms with Gasteiger partial charge in [-0.25, -0.2) is 4.79 Å². The molecule has 1 fully saturated rings.